The van der Waals surface area contributed by atoms with Crippen LogP contribution in [0, 0.1) is 6.92 Å². The minimum Gasteiger partial charge on any atom is -0.396 e. The third kappa shape index (κ3) is 3.08. The molecule has 0 bridgehead atoms. The molecule has 0 aliphatic heterocycles. The predicted molar refractivity (Wildman–Crippen MR) is 53.8 cm³/mol. The Hall–Kier alpha value is -0.940. The molecule has 2 N–H and O–H groups in total. The van der Waals surface area contributed by atoms with Gasteiger partial charge < -0.3 is 15.0 Å². The number of unbranched alkanes of at least 4 members (excludes halogenated alkanes) is 1. The standard InChI is InChI=1S/C9H18N4O/c1-8-11-12-9(13(8)2)7-10-5-3-4-6-14/h10,14H,3-7H2,1-2H3. The normalized spacial score (nSPS) is 10.8. The lowest BCUT2D eigenvalue weighted by Crippen LogP contribution is -2.17. The van der Waals surface area contributed by atoms with Crippen LogP contribution in [0.25, 0.3) is 0 Å². The van der Waals surface area contributed by atoms with E-state index in [2.05, 4.69) is 15.5 Å². The lowest BCUT2D eigenvalue weighted by molar-refractivity contribution is 0.283. The fraction of sp³-hybridized carbons (Fsp3) is 0.778. The maximum absolute atomic E-state index is 8.58. The number of aryl methyl sites for hydroxylation is 1. The van der Waals surface area contributed by atoms with Gasteiger partial charge in [0.05, 0.1) is 6.54 Å². The minimum atomic E-state index is 0.269. The summed E-state index contributed by atoms with van der Waals surface area (Å²) in [5.41, 5.74) is 0. The average Bonchev–Trinajstić information content (AvgIpc) is 2.49. The molecule has 1 aromatic rings. The molecular formula is C9H18N4O. The molecule has 0 unspecified atom stereocenters. The van der Waals surface area contributed by atoms with Crippen LogP contribution in [0.5, 0.6) is 0 Å². The Morgan fingerprint density at radius 2 is 2.14 bits per heavy atom. The zero-order chi connectivity index (χ0) is 10.4. The second kappa shape index (κ2) is 5.72. The molecule has 5 nitrogen and oxygen atoms in total. The summed E-state index contributed by atoms with van der Waals surface area (Å²) < 4.78 is 1.97. The van der Waals surface area contributed by atoms with Gasteiger partial charge in [0.25, 0.3) is 0 Å². The molecule has 0 saturated heterocycles. The van der Waals surface area contributed by atoms with E-state index in [9.17, 15) is 0 Å². The summed E-state index contributed by atoms with van der Waals surface area (Å²) in [6.45, 7) is 3.85. The molecule has 80 valence electrons. The van der Waals surface area contributed by atoms with E-state index in [1.165, 1.54) is 0 Å². The Morgan fingerprint density at radius 1 is 1.36 bits per heavy atom. The first kappa shape index (κ1) is 11.1. The number of aliphatic hydroxyl groups excluding tert-OH is 1. The van der Waals surface area contributed by atoms with E-state index in [1.54, 1.807) is 0 Å². The van der Waals surface area contributed by atoms with Crippen molar-refractivity contribution in [3.63, 3.8) is 0 Å². The Labute approximate surface area is 84.2 Å². The van der Waals surface area contributed by atoms with E-state index in [-0.39, 0.29) is 6.61 Å². The molecule has 0 aliphatic rings. The number of aliphatic hydroxyl groups is 1. The SMILES string of the molecule is Cc1nnc(CNCCCCO)n1C. The van der Waals surface area contributed by atoms with Gasteiger partial charge in [0, 0.05) is 13.7 Å². The highest BCUT2D eigenvalue weighted by Gasteiger charge is 2.02. The van der Waals surface area contributed by atoms with Crippen molar-refractivity contribution < 1.29 is 5.11 Å². The molecule has 0 aromatic carbocycles. The second-order valence-electron chi connectivity index (χ2n) is 3.33. The van der Waals surface area contributed by atoms with Gasteiger partial charge in [-0.3, -0.25) is 0 Å². The first-order valence-electron chi connectivity index (χ1n) is 4.92. The van der Waals surface area contributed by atoms with E-state index in [0.717, 1.165) is 37.6 Å². The molecule has 0 saturated carbocycles. The topological polar surface area (TPSA) is 63.0 Å². The minimum absolute atomic E-state index is 0.269. The zero-order valence-corrected chi connectivity index (χ0v) is 8.82. The molecule has 0 fully saturated rings. The summed E-state index contributed by atoms with van der Waals surface area (Å²) in [5.74, 6) is 1.88. The number of hydrogen-bond acceptors (Lipinski definition) is 4. The van der Waals surface area contributed by atoms with Gasteiger partial charge in [0.1, 0.15) is 11.6 Å². The Morgan fingerprint density at radius 3 is 2.71 bits per heavy atom. The Bertz CT molecular complexity index is 272. The Balaban J connectivity index is 2.21. The van der Waals surface area contributed by atoms with Crippen LogP contribution in [-0.2, 0) is 13.6 Å². The fourth-order valence-electron chi connectivity index (χ4n) is 1.17. The van der Waals surface area contributed by atoms with Gasteiger partial charge in [0.2, 0.25) is 0 Å². The van der Waals surface area contributed by atoms with Gasteiger partial charge in [0.15, 0.2) is 0 Å². The van der Waals surface area contributed by atoms with E-state index in [0.29, 0.717) is 0 Å². The first-order chi connectivity index (χ1) is 6.75. The van der Waals surface area contributed by atoms with Crippen LogP contribution in [0.3, 0.4) is 0 Å². The molecule has 14 heavy (non-hydrogen) atoms. The molecule has 0 amide bonds. The van der Waals surface area contributed by atoms with Crippen LogP contribution in [-0.4, -0.2) is 33.0 Å². The van der Waals surface area contributed by atoms with Gasteiger partial charge in [-0.1, -0.05) is 0 Å². The molecule has 1 heterocycles. The third-order valence-corrected chi connectivity index (χ3v) is 2.23. The van der Waals surface area contributed by atoms with Crippen molar-refractivity contribution in [1.29, 1.82) is 0 Å². The van der Waals surface area contributed by atoms with E-state index in [1.807, 2.05) is 18.5 Å². The first-order valence-corrected chi connectivity index (χ1v) is 4.92. The summed E-state index contributed by atoms with van der Waals surface area (Å²) >= 11 is 0. The number of nitrogens with one attached hydrogen (secondary N) is 1. The molecular weight excluding hydrogens is 180 g/mol. The lowest BCUT2D eigenvalue weighted by Gasteiger charge is -2.03. The molecule has 0 spiro atoms. The Kier molecular flexibility index (Phi) is 4.55. The van der Waals surface area contributed by atoms with Crippen molar-refractivity contribution >= 4 is 0 Å². The van der Waals surface area contributed by atoms with Crippen LogP contribution >= 0.6 is 0 Å². The summed E-state index contributed by atoms with van der Waals surface area (Å²) in [7, 11) is 1.96. The van der Waals surface area contributed by atoms with Crippen molar-refractivity contribution in [3.05, 3.63) is 11.6 Å². The molecule has 0 atom stereocenters. The average molecular weight is 198 g/mol. The maximum atomic E-state index is 8.58. The highest BCUT2D eigenvalue weighted by atomic mass is 16.2. The zero-order valence-electron chi connectivity index (χ0n) is 8.82. The van der Waals surface area contributed by atoms with Gasteiger partial charge in [-0.2, -0.15) is 0 Å². The van der Waals surface area contributed by atoms with Crippen LogP contribution < -0.4 is 5.32 Å². The molecule has 0 aliphatic carbocycles. The molecule has 5 heteroatoms. The van der Waals surface area contributed by atoms with Gasteiger partial charge in [-0.05, 0) is 26.3 Å². The van der Waals surface area contributed by atoms with Gasteiger partial charge in [-0.15, -0.1) is 10.2 Å². The molecule has 0 radical (unpaired) electrons. The van der Waals surface area contributed by atoms with E-state index >= 15 is 0 Å². The quantitative estimate of drug-likeness (QED) is 0.631. The van der Waals surface area contributed by atoms with Crippen LogP contribution in [0.15, 0.2) is 0 Å². The van der Waals surface area contributed by atoms with Crippen LogP contribution in [0.2, 0.25) is 0 Å². The summed E-state index contributed by atoms with van der Waals surface area (Å²) in [6.07, 6.45) is 1.85. The molecule has 1 rings (SSSR count). The van der Waals surface area contributed by atoms with Crippen molar-refractivity contribution in [2.45, 2.75) is 26.3 Å². The monoisotopic (exact) mass is 198 g/mol. The van der Waals surface area contributed by atoms with E-state index < -0.39 is 0 Å². The second-order valence-corrected chi connectivity index (χ2v) is 3.33. The van der Waals surface area contributed by atoms with Crippen molar-refractivity contribution in [3.8, 4) is 0 Å². The smallest absolute Gasteiger partial charge is 0.146 e. The van der Waals surface area contributed by atoms with Crippen molar-refractivity contribution in [1.82, 2.24) is 20.1 Å². The highest BCUT2D eigenvalue weighted by Crippen LogP contribution is 1.96. The predicted octanol–water partition coefficient (Wildman–Crippen LogP) is -0.0144. The maximum Gasteiger partial charge on any atom is 0.146 e. The summed E-state index contributed by atoms with van der Waals surface area (Å²) in [6, 6.07) is 0. The van der Waals surface area contributed by atoms with Crippen molar-refractivity contribution in [2.24, 2.45) is 7.05 Å². The number of nitrogens with zero attached hydrogens (tertiary/aromatic N) is 3. The van der Waals surface area contributed by atoms with Gasteiger partial charge >= 0.3 is 0 Å². The highest BCUT2D eigenvalue weighted by molar-refractivity contribution is 4.91. The lowest BCUT2D eigenvalue weighted by atomic mass is 10.3. The van der Waals surface area contributed by atoms with Crippen molar-refractivity contribution in [2.75, 3.05) is 13.2 Å². The fourth-order valence-corrected chi connectivity index (χ4v) is 1.17. The van der Waals surface area contributed by atoms with Crippen LogP contribution in [0.1, 0.15) is 24.5 Å². The summed E-state index contributed by atoms with van der Waals surface area (Å²) in [5, 5.41) is 19.8. The van der Waals surface area contributed by atoms with Crippen LogP contribution in [0.4, 0.5) is 0 Å². The molecule has 1 aromatic heterocycles. The third-order valence-electron chi connectivity index (χ3n) is 2.23. The number of rotatable bonds is 6. The summed E-state index contributed by atoms with van der Waals surface area (Å²) in [4.78, 5) is 0. The van der Waals surface area contributed by atoms with Gasteiger partial charge in [-0.25, -0.2) is 0 Å². The largest absolute Gasteiger partial charge is 0.396 e. The number of hydrogen-bond donors (Lipinski definition) is 2. The van der Waals surface area contributed by atoms with E-state index in [4.69, 9.17) is 5.11 Å². The number of aromatic nitrogens is 3.